The first-order valence-corrected chi connectivity index (χ1v) is 6.86. The average Bonchev–Trinajstić information content (AvgIpc) is 2.91. The van der Waals surface area contributed by atoms with Crippen molar-refractivity contribution in [3.63, 3.8) is 0 Å². The van der Waals surface area contributed by atoms with Crippen molar-refractivity contribution in [1.29, 1.82) is 0 Å². The van der Waals surface area contributed by atoms with Crippen LogP contribution in [0.15, 0.2) is 30.3 Å². The molecule has 0 fully saturated rings. The number of nitrogens with one attached hydrogen (secondary N) is 1. The molecule has 0 atom stereocenters. The Hall–Kier alpha value is -2.56. The summed E-state index contributed by atoms with van der Waals surface area (Å²) in [6, 6.07) is 9.76. The molecule has 3 rings (SSSR count). The Kier molecular flexibility index (Phi) is 3.48. The Bertz CT molecular complexity index is 780. The summed E-state index contributed by atoms with van der Waals surface area (Å²) in [6.45, 7) is 4.53. The number of rotatable bonds is 4. The van der Waals surface area contributed by atoms with Gasteiger partial charge in [-0.3, -0.25) is 0 Å². The standard InChI is InChI=1S/C16H17N3O2/c1-4-21-14-8-7-12-16(18-14)19-15(17-12)11-6-5-10(2)13(9-11)20-3/h5-9H,4H2,1-3H3,(H,17,18,19). The summed E-state index contributed by atoms with van der Waals surface area (Å²) in [7, 11) is 1.67. The number of aromatic nitrogens is 3. The third-order valence-corrected chi connectivity index (χ3v) is 3.29. The predicted molar refractivity (Wildman–Crippen MR) is 81.8 cm³/mol. The Morgan fingerprint density at radius 1 is 1.14 bits per heavy atom. The molecular weight excluding hydrogens is 266 g/mol. The Labute approximate surface area is 123 Å². The molecule has 0 amide bonds. The van der Waals surface area contributed by atoms with Gasteiger partial charge in [0.15, 0.2) is 5.65 Å². The molecule has 0 unspecified atom stereocenters. The van der Waals surface area contributed by atoms with Gasteiger partial charge in [0, 0.05) is 11.6 Å². The maximum atomic E-state index is 5.40. The number of fused-ring (bicyclic) bond motifs is 1. The fraction of sp³-hybridized carbons (Fsp3) is 0.250. The van der Waals surface area contributed by atoms with E-state index in [1.165, 1.54) is 0 Å². The zero-order valence-electron chi connectivity index (χ0n) is 12.3. The summed E-state index contributed by atoms with van der Waals surface area (Å²) in [5, 5.41) is 0. The van der Waals surface area contributed by atoms with Crippen LogP contribution in [0, 0.1) is 6.92 Å². The monoisotopic (exact) mass is 283 g/mol. The molecule has 0 aliphatic rings. The summed E-state index contributed by atoms with van der Waals surface area (Å²) in [4.78, 5) is 12.2. The van der Waals surface area contributed by atoms with Crippen LogP contribution in [0.5, 0.6) is 11.6 Å². The summed E-state index contributed by atoms with van der Waals surface area (Å²) in [5.74, 6) is 2.20. The van der Waals surface area contributed by atoms with E-state index in [1.54, 1.807) is 7.11 Å². The number of H-pyrrole nitrogens is 1. The number of hydrogen-bond donors (Lipinski definition) is 1. The summed E-state index contributed by atoms with van der Waals surface area (Å²) in [5.41, 5.74) is 3.59. The van der Waals surface area contributed by atoms with E-state index in [9.17, 15) is 0 Å². The number of imidazole rings is 1. The molecule has 21 heavy (non-hydrogen) atoms. The van der Waals surface area contributed by atoms with Gasteiger partial charge in [-0.1, -0.05) is 12.1 Å². The van der Waals surface area contributed by atoms with Gasteiger partial charge in [0.2, 0.25) is 5.88 Å². The minimum Gasteiger partial charge on any atom is -0.496 e. The van der Waals surface area contributed by atoms with Crippen LogP contribution in [-0.4, -0.2) is 28.7 Å². The van der Waals surface area contributed by atoms with Gasteiger partial charge >= 0.3 is 0 Å². The van der Waals surface area contributed by atoms with Gasteiger partial charge in [-0.15, -0.1) is 0 Å². The number of hydrogen-bond acceptors (Lipinski definition) is 4. The molecule has 0 radical (unpaired) electrons. The molecule has 2 aromatic heterocycles. The molecule has 2 heterocycles. The maximum Gasteiger partial charge on any atom is 0.215 e. The number of aryl methyl sites for hydroxylation is 1. The molecular formula is C16H17N3O2. The zero-order valence-corrected chi connectivity index (χ0v) is 12.3. The average molecular weight is 283 g/mol. The smallest absolute Gasteiger partial charge is 0.215 e. The van der Waals surface area contributed by atoms with Crippen LogP contribution in [0.1, 0.15) is 12.5 Å². The summed E-state index contributed by atoms with van der Waals surface area (Å²) < 4.78 is 10.8. The molecule has 0 aliphatic carbocycles. The van der Waals surface area contributed by atoms with E-state index in [0.29, 0.717) is 18.1 Å². The third-order valence-electron chi connectivity index (χ3n) is 3.29. The highest BCUT2D eigenvalue weighted by molar-refractivity contribution is 5.76. The number of aromatic amines is 1. The van der Waals surface area contributed by atoms with Crippen LogP contribution in [0.2, 0.25) is 0 Å². The molecule has 5 nitrogen and oxygen atoms in total. The van der Waals surface area contributed by atoms with Crippen molar-refractivity contribution in [3.8, 4) is 23.0 Å². The highest BCUT2D eigenvalue weighted by atomic mass is 16.5. The van der Waals surface area contributed by atoms with E-state index in [2.05, 4.69) is 15.0 Å². The van der Waals surface area contributed by atoms with E-state index >= 15 is 0 Å². The molecule has 108 valence electrons. The van der Waals surface area contributed by atoms with Gasteiger partial charge in [0.25, 0.3) is 0 Å². The number of methoxy groups -OCH3 is 1. The minimum absolute atomic E-state index is 0.588. The van der Waals surface area contributed by atoms with Gasteiger partial charge in [0.1, 0.15) is 11.6 Å². The fourth-order valence-electron chi connectivity index (χ4n) is 2.21. The topological polar surface area (TPSA) is 60.0 Å². The van der Waals surface area contributed by atoms with E-state index in [4.69, 9.17) is 9.47 Å². The zero-order chi connectivity index (χ0) is 14.8. The Morgan fingerprint density at radius 3 is 2.76 bits per heavy atom. The van der Waals surface area contributed by atoms with E-state index in [0.717, 1.165) is 28.2 Å². The first kappa shape index (κ1) is 13.4. The second kappa shape index (κ2) is 5.44. The quantitative estimate of drug-likeness (QED) is 0.797. The second-order valence-electron chi connectivity index (χ2n) is 4.72. The second-order valence-corrected chi connectivity index (χ2v) is 4.72. The molecule has 0 aliphatic heterocycles. The van der Waals surface area contributed by atoms with Crippen LogP contribution >= 0.6 is 0 Å². The van der Waals surface area contributed by atoms with E-state index in [1.807, 2.05) is 44.2 Å². The SMILES string of the molecule is CCOc1ccc2[nH]c(-c3ccc(C)c(OC)c3)nc2n1. The predicted octanol–water partition coefficient (Wildman–Crippen LogP) is 3.34. The number of benzene rings is 1. The highest BCUT2D eigenvalue weighted by Gasteiger charge is 2.09. The molecule has 5 heteroatoms. The minimum atomic E-state index is 0.588. The summed E-state index contributed by atoms with van der Waals surface area (Å²) in [6.07, 6.45) is 0. The maximum absolute atomic E-state index is 5.40. The number of pyridine rings is 1. The van der Waals surface area contributed by atoms with E-state index < -0.39 is 0 Å². The van der Waals surface area contributed by atoms with Crippen molar-refractivity contribution in [2.45, 2.75) is 13.8 Å². The van der Waals surface area contributed by atoms with Crippen LogP contribution < -0.4 is 9.47 Å². The lowest BCUT2D eigenvalue weighted by Crippen LogP contribution is -1.93. The van der Waals surface area contributed by atoms with Gasteiger partial charge in [-0.2, -0.15) is 4.98 Å². The Balaban J connectivity index is 2.04. The number of nitrogens with zero attached hydrogens (tertiary/aromatic N) is 2. The first-order chi connectivity index (χ1) is 10.2. The molecule has 1 N–H and O–H groups in total. The normalized spacial score (nSPS) is 10.8. The number of ether oxygens (including phenoxy) is 2. The van der Waals surface area contributed by atoms with Crippen molar-refractivity contribution in [1.82, 2.24) is 15.0 Å². The van der Waals surface area contributed by atoms with Crippen LogP contribution in [0.3, 0.4) is 0 Å². The van der Waals surface area contributed by atoms with Crippen LogP contribution in [0.25, 0.3) is 22.6 Å². The van der Waals surface area contributed by atoms with Crippen LogP contribution in [-0.2, 0) is 0 Å². The van der Waals surface area contributed by atoms with E-state index in [-0.39, 0.29) is 0 Å². The van der Waals surface area contributed by atoms with Crippen LogP contribution in [0.4, 0.5) is 0 Å². The lowest BCUT2D eigenvalue weighted by molar-refractivity contribution is 0.328. The van der Waals surface area contributed by atoms with Crippen molar-refractivity contribution >= 4 is 11.2 Å². The van der Waals surface area contributed by atoms with Gasteiger partial charge in [0.05, 0.1) is 19.2 Å². The van der Waals surface area contributed by atoms with Gasteiger partial charge < -0.3 is 14.5 Å². The molecule has 0 saturated heterocycles. The Morgan fingerprint density at radius 2 is 2.00 bits per heavy atom. The van der Waals surface area contributed by atoms with Crippen molar-refractivity contribution in [2.24, 2.45) is 0 Å². The summed E-state index contributed by atoms with van der Waals surface area (Å²) >= 11 is 0. The van der Waals surface area contributed by atoms with Crippen molar-refractivity contribution < 1.29 is 9.47 Å². The lowest BCUT2D eigenvalue weighted by Gasteiger charge is -2.05. The lowest BCUT2D eigenvalue weighted by atomic mass is 10.1. The van der Waals surface area contributed by atoms with Gasteiger partial charge in [-0.25, -0.2) is 4.98 Å². The molecule has 0 bridgehead atoms. The molecule has 3 aromatic rings. The van der Waals surface area contributed by atoms with Crippen molar-refractivity contribution in [2.75, 3.05) is 13.7 Å². The van der Waals surface area contributed by atoms with Crippen molar-refractivity contribution in [3.05, 3.63) is 35.9 Å². The van der Waals surface area contributed by atoms with Gasteiger partial charge in [-0.05, 0) is 31.5 Å². The highest BCUT2D eigenvalue weighted by Crippen LogP contribution is 2.26. The fourth-order valence-corrected chi connectivity index (χ4v) is 2.21. The molecule has 0 saturated carbocycles. The largest absolute Gasteiger partial charge is 0.496 e. The third kappa shape index (κ3) is 2.54. The molecule has 1 aromatic carbocycles. The molecule has 0 spiro atoms. The first-order valence-electron chi connectivity index (χ1n) is 6.86.